The highest BCUT2D eigenvalue weighted by Gasteiger charge is 2.18. The Hall–Kier alpha value is -1.07. The van der Waals surface area contributed by atoms with Crippen LogP contribution in [0.2, 0.25) is 0 Å². The number of aryl methyl sites for hydroxylation is 1. The molecule has 1 fully saturated rings. The summed E-state index contributed by atoms with van der Waals surface area (Å²) in [5, 5.41) is 2.83. The fourth-order valence-electron chi connectivity index (χ4n) is 2.87. The highest BCUT2D eigenvalue weighted by molar-refractivity contribution is 8.13. The van der Waals surface area contributed by atoms with Crippen molar-refractivity contribution in [2.45, 2.75) is 50.3 Å². The van der Waals surface area contributed by atoms with Crippen LogP contribution in [0.3, 0.4) is 0 Å². The molecule has 1 saturated carbocycles. The van der Waals surface area contributed by atoms with Crippen LogP contribution >= 0.6 is 10.7 Å². The fraction of sp³-hybridized carbons (Fsp3) is 0.533. The molecule has 1 N–H and O–H groups in total. The van der Waals surface area contributed by atoms with E-state index >= 15 is 0 Å². The number of amides is 1. The van der Waals surface area contributed by atoms with Crippen molar-refractivity contribution in [1.82, 2.24) is 0 Å². The van der Waals surface area contributed by atoms with Crippen LogP contribution < -0.4 is 5.32 Å². The fourth-order valence-corrected chi connectivity index (χ4v) is 4.06. The number of carbonyl (C=O) groups excluding carboxylic acids is 1. The third kappa shape index (κ3) is 4.71. The Morgan fingerprint density at radius 3 is 2.52 bits per heavy atom. The van der Waals surface area contributed by atoms with E-state index in [1.807, 2.05) is 0 Å². The van der Waals surface area contributed by atoms with Crippen molar-refractivity contribution in [3.05, 3.63) is 23.8 Å². The van der Waals surface area contributed by atoms with Gasteiger partial charge in [-0.3, -0.25) is 4.79 Å². The molecule has 1 aromatic rings. The van der Waals surface area contributed by atoms with Crippen molar-refractivity contribution in [2.24, 2.45) is 5.92 Å². The van der Waals surface area contributed by atoms with Gasteiger partial charge in [0.1, 0.15) is 0 Å². The maximum atomic E-state index is 12.0. The summed E-state index contributed by atoms with van der Waals surface area (Å²) in [6, 6.07) is 4.63. The van der Waals surface area contributed by atoms with Gasteiger partial charge in [-0.15, -0.1) is 0 Å². The number of carbonyl (C=O) groups is 1. The van der Waals surface area contributed by atoms with Gasteiger partial charge in [0, 0.05) is 22.8 Å². The molecule has 0 spiro atoms. The standard InChI is InChI=1S/C15H20ClNO3S/c1-11-9-13(7-8-14(11)21(16,19)20)17-15(18)10-12-5-3-2-4-6-12/h7-9,12H,2-6,10H2,1H3,(H,17,18). The summed E-state index contributed by atoms with van der Waals surface area (Å²) >= 11 is 0. The largest absolute Gasteiger partial charge is 0.326 e. The van der Waals surface area contributed by atoms with Crippen molar-refractivity contribution in [3.8, 4) is 0 Å². The first-order valence-electron chi connectivity index (χ1n) is 7.21. The molecule has 0 aliphatic heterocycles. The summed E-state index contributed by atoms with van der Waals surface area (Å²) in [4.78, 5) is 12.1. The normalized spacial score (nSPS) is 16.7. The summed E-state index contributed by atoms with van der Waals surface area (Å²) in [5.74, 6) is 0.463. The second-order valence-corrected chi connectivity index (χ2v) is 8.21. The van der Waals surface area contributed by atoms with Crippen LogP contribution in [0.4, 0.5) is 5.69 Å². The molecule has 1 amide bonds. The first-order chi connectivity index (χ1) is 9.86. The number of hydrogen-bond donors (Lipinski definition) is 1. The van der Waals surface area contributed by atoms with Crippen molar-refractivity contribution in [2.75, 3.05) is 5.32 Å². The van der Waals surface area contributed by atoms with Crippen LogP contribution in [0.15, 0.2) is 23.1 Å². The van der Waals surface area contributed by atoms with Gasteiger partial charge in [0.05, 0.1) is 4.90 Å². The molecule has 21 heavy (non-hydrogen) atoms. The molecule has 0 bridgehead atoms. The van der Waals surface area contributed by atoms with Gasteiger partial charge in [0.25, 0.3) is 9.05 Å². The van der Waals surface area contributed by atoms with Gasteiger partial charge in [-0.1, -0.05) is 19.3 Å². The van der Waals surface area contributed by atoms with E-state index in [-0.39, 0.29) is 10.8 Å². The maximum Gasteiger partial charge on any atom is 0.261 e. The Kier molecular flexibility index (Phi) is 5.27. The first kappa shape index (κ1) is 16.3. The van der Waals surface area contributed by atoms with Gasteiger partial charge < -0.3 is 5.32 Å². The highest BCUT2D eigenvalue weighted by atomic mass is 35.7. The lowest BCUT2D eigenvalue weighted by molar-refractivity contribution is -0.117. The summed E-state index contributed by atoms with van der Waals surface area (Å²) in [7, 11) is 1.59. The van der Waals surface area contributed by atoms with E-state index < -0.39 is 9.05 Å². The van der Waals surface area contributed by atoms with E-state index in [1.54, 1.807) is 19.1 Å². The minimum Gasteiger partial charge on any atom is -0.326 e. The topological polar surface area (TPSA) is 63.2 Å². The van der Waals surface area contributed by atoms with Crippen molar-refractivity contribution < 1.29 is 13.2 Å². The van der Waals surface area contributed by atoms with Gasteiger partial charge in [0.2, 0.25) is 5.91 Å². The lowest BCUT2D eigenvalue weighted by atomic mass is 9.87. The average Bonchev–Trinajstić information content (AvgIpc) is 2.38. The Morgan fingerprint density at radius 2 is 1.95 bits per heavy atom. The molecular formula is C15H20ClNO3S. The van der Waals surface area contributed by atoms with Gasteiger partial charge in [-0.05, 0) is 49.4 Å². The number of benzene rings is 1. The smallest absolute Gasteiger partial charge is 0.261 e. The van der Waals surface area contributed by atoms with Gasteiger partial charge in [-0.2, -0.15) is 0 Å². The molecule has 0 saturated heterocycles. The molecule has 1 aliphatic carbocycles. The third-order valence-corrected chi connectivity index (χ3v) is 5.40. The molecule has 0 aromatic heterocycles. The molecule has 4 nitrogen and oxygen atoms in total. The van der Waals surface area contributed by atoms with Crippen LogP contribution in [0.25, 0.3) is 0 Å². The third-order valence-electron chi connectivity index (χ3n) is 3.92. The Labute approximate surface area is 130 Å². The van der Waals surface area contributed by atoms with Gasteiger partial charge in [-0.25, -0.2) is 8.42 Å². The molecule has 1 aromatic carbocycles. The van der Waals surface area contributed by atoms with Crippen LogP contribution in [-0.2, 0) is 13.8 Å². The summed E-state index contributed by atoms with van der Waals surface area (Å²) in [6.45, 7) is 1.66. The minimum absolute atomic E-state index is 0.0113. The Bertz CT molecular complexity index is 622. The molecule has 6 heteroatoms. The maximum absolute atomic E-state index is 12.0. The zero-order valence-electron chi connectivity index (χ0n) is 12.1. The van der Waals surface area contributed by atoms with Gasteiger partial charge >= 0.3 is 0 Å². The van der Waals surface area contributed by atoms with Crippen molar-refractivity contribution in [1.29, 1.82) is 0 Å². The second kappa shape index (κ2) is 6.79. The molecule has 0 atom stereocenters. The zero-order chi connectivity index (χ0) is 15.5. The predicted octanol–water partition coefficient (Wildman–Crippen LogP) is 3.83. The van der Waals surface area contributed by atoms with Crippen LogP contribution in [0.5, 0.6) is 0 Å². The molecular weight excluding hydrogens is 310 g/mol. The Morgan fingerprint density at radius 1 is 1.29 bits per heavy atom. The molecule has 2 rings (SSSR count). The summed E-state index contributed by atoms with van der Waals surface area (Å²) in [5.41, 5.74) is 1.14. The minimum atomic E-state index is -3.74. The van der Waals surface area contributed by atoms with E-state index in [0.29, 0.717) is 23.6 Å². The van der Waals surface area contributed by atoms with E-state index in [4.69, 9.17) is 10.7 Å². The summed E-state index contributed by atoms with van der Waals surface area (Å²) in [6.07, 6.45) is 6.46. The lowest BCUT2D eigenvalue weighted by Gasteiger charge is -2.20. The van der Waals surface area contributed by atoms with E-state index in [0.717, 1.165) is 12.8 Å². The number of hydrogen-bond acceptors (Lipinski definition) is 3. The van der Waals surface area contributed by atoms with Crippen molar-refractivity contribution >= 4 is 31.3 Å². The molecule has 1 aliphatic rings. The molecule has 0 unspecified atom stereocenters. The van der Waals surface area contributed by atoms with E-state index in [2.05, 4.69) is 5.32 Å². The summed E-state index contributed by atoms with van der Waals surface area (Å²) < 4.78 is 22.7. The quantitative estimate of drug-likeness (QED) is 0.854. The molecule has 0 heterocycles. The molecule has 116 valence electrons. The Balaban J connectivity index is 1.99. The van der Waals surface area contributed by atoms with Crippen LogP contribution in [0.1, 0.15) is 44.1 Å². The lowest BCUT2D eigenvalue weighted by Crippen LogP contribution is -2.18. The monoisotopic (exact) mass is 329 g/mol. The van der Waals surface area contributed by atoms with Crippen molar-refractivity contribution in [3.63, 3.8) is 0 Å². The SMILES string of the molecule is Cc1cc(NC(=O)CC2CCCCC2)ccc1S(=O)(=O)Cl. The predicted molar refractivity (Wildman–Crippen MR) is 84.0 cm³/mol. The average molecular weight is 330 g/mol. The zero-order valence-corrected chi connectivity index (χ0v) is 13.6. The van der Waals surface area contributed by atoms with Crippen LogP contribution in [-0.4, -0.2) is 14.3 Å². The number of nitrogens with one attached hydrogen (secondary N) is 1. The number of anilines is 1. The van der Waals surface area contributed by atoms with E-state index in [1.165, 1.54) is 25.3 Å². The highest BCUT2D eigenvalue weighted by Crippen LogP contribution is 2.27. The molecule has 0 radical (unpaired) electrons. The van der Waals surface area contributed by atoms with E-state index in [9.17, 15) is 13.2 Å². The number of rotatable bonds is 4. The van der Waals surface area contributed by atoms with Gasteiger partial charge in [0.15, 0.2) is 0 Å². The second-order valence-electron chi connectivity index (χ2n) is 5.67. The first-order valence-corrected chi connectivity index (χ1v) is 9.52. The van der Waals surface area contributed by atoms with Crippen LogP contribution in [0, 0.1) is 12.8 Å². The number of halogens is 1.